The maximum atomic E-state index is 11.9. The van der Waals surface area contributed by atoms with Crippen LogP contribution in [0.15, 0.2) is 0 Å². The summed E-state index contributed by atoms with van der Waals surface area (Å²) < 4.78 is 0. The highest BCUT2D eigenvalue weighted by Crippen LogP contribution is 2.51. The van der Waals surface area contributed by atoms with Crippen LogP contribution in [-0.2, 0) is 9.59 Å². The molecule has 0 aromatic heterocycles. The van der Waals surface area contributed by atoms with Gasteiger partial charge in [0.25, 0.3) is 0 Å². The minimum Gasteiger partial charge on any atom is -0.303 e. The van der Waals surface area contributed by atoms with Crippen LogP contribution >= 0.6 is 0 Å². The van der Waals surface area contributed by atoms with Gasteiger partial charge in [-0.15, -0.1) is 0 Å². The molecular weight excluding hydrogens is 176 g/mol. The van der Waals surface area contributed by atoms with Crippen LogP contribution in [0.5, 0.6) is 0 Å². The van der Waals surface area contributed by atoms with E-state index in [1.807, 2.05) is 20.8 Å². The van der Waals surface area contributed by atoms with Crippen LogP contribution in [0.4, 0.5) is 0 Å². The largest absolute Gasteiger partial charge is 0.303 e. The summed E-state index contributed by atoms with van der Waals surface area (Å²) in [5.74, 6) is 0.631. The van der Waals surface area contributed by atoms with Gasteiger partial charge in [0.05, 0.1) is 0 Å². The number of hydrogen-bond donors (Lipinski definition) is 0. The fourth-order valence-electron chi connectivity index (χ4n) is 2.16. The molecule has 0 aliphatic heterocycles. The number of aldehydes is 1. The molecule has 80 valence electrons. The van der Waals surface area contributed by atoms with Gasteiger partial charge in [-0.3, -0.25) is 4.79 Å². The second-order valence-electron chi connectivity index (χ2n) is 5.31. The van der Waals surface area contributed by atoms with E-state index in [1.54, 1.807) is 0 Å². The van der Waals surface area contributed by atoms with E-state index < -0.39 is 0 Å². The number of rotatable bonds is 4. The van der Waals surface area contributed by atoms with Crippen molar-refractivity contribution < 1.29 is 9.59 Å². The molecule has 0 radical (unpaired) electrons. The Morgan fingerprint density at radius 3 is 2.29 bits per heavy atom. The summed E-state index contributed by atoms with van der Waals surface area (Å²) in [6.45, 7) is 7.88. The maximum Gasteiger partial charge on any atom is 0.142 e. The van der Waals surface area contributed by atoms with Gasteiger partial charge in [-0.25, -0.2) is 0 Å². The van der Waals surface area contributed by atoms with Crippen molar-refractivity contribution in [2.45, 2.75) is 40.5 Å². The van der Waals surface area contributed by atoms with Crippen molar-refractivity contribution in [3.63, 3.8) is 0 Å². The Labute approximate surface area is 86.1 Å². The summed E-state index contributed by atoms with van der Waals surface area (Å²) in [5, 5.41) is 0. The summed E-state index contributed by atoms with van der Waals surface area (Å²) in [7, 11) is 0. The van der Waals surface area contributed by atoms with E-state index in [0.717, 1.165) is 19.1 Å². The van der Waals surface area contributed by atoms with E-state index in [9.17, 15) is 9.59 Å². The molecule has 0 unspecified atom stereocenters. The number of ketones is 1. The molecule has 2 heteroatoms. The summed E-state index contributed by atoms with van der Waals surface area (Å²) >= 11 is 0. The van der Waals surface area contributed by atoms with Crippen LogP contribution in [0.25, 0.3) is 0 Å². The molecule has 1 rings (SSSR count). The lowest BCUT2D eigenvalue weighted by Crippen LogP contribution is -2.23. The molecule has 0 aromatic rings. The molecule has 1 saturated carbocycles. The lowest BCUT2D eigenvalue weighted by molar-refractivity contribution is -0.128. The Kier molecular flexibility index (Phi) is 3.13. The minimum absolute atomic E-state index is 0.0154. The molecule has 0 aromatic carbocycles. The van der Waals surface area contributed by atoms with Gasteiger partial charge in [-0.2, -0.15) is 0 Å². The number of Topliss-reactive ketones (excluding diaryl/α,β-unsaturated/α-hetero) is 1. The molecule has 1 aliphatic rings. The smallest absolute Gasteiger partial charge is 0.142 e. The van der Waals surface area contributed by atoms with Crippen LogP contribution in [0.2, 0.25) is 0 Å². The topological polar surface area (TPSA) is 34.1 Å². The lowest BCUT2D eigenvalue weighted by Gasteiger charge is -2.16. The van der Waals surface area contributed by atoms with Crippen LogP contribution < -0.4 is 0 Å². The first-order chi connectivity index (χ1) is 6.43. The third kappa shape index (κ3) is 2.05. The summed E-state index contributed by atoms with van der Waals surface area (Å²) in [5.41, 5.74) is -0.297. The van der Waals surface area contributed by atoms with Crippen molar-refractivity contribution >= 4 is 12.1 Å². The normalized spacial score (nSPS) is 31.3. The molecule has 0 N–H and O–H groups in total. The van der Waals surface area contributed by atoms with E-state index in [2.05, 4.69) is 6.92 Å². The van der Waals surface area contributed by atoms with Gasteiger partial charge in [-0.1, -0.05) is 34.1 Å². The van der Waals surface area contributed by atoms with Crippen LogP contribution in [-0.4, -0.2) is 12.1 Å². The Morgan fingerprint density at radius 2 is 1.93 bits per heavy atom. The van der Waals surface area contributed by atoms with Gasteiger partial charge in [0.15, 0.2) is 0 Å². The molecule has 0 heterocycles. The quantitative estimate of drug-likeness (QED) is 0.647. The molecule has 14 heavy (non-hydrogen) atoms. The van der Waals surface area contributed by atoms with Crippen LogP contribution in [0, 0.1) is 23.2 Å². The first-order valence-corrected chi connectivity index (χ1v) is 5.43. The highest BCUT2D eigenvalue weighted by atomic mass is 16.1. The lowest BCUT2D eigenvalue weighted by atomic mass is 9.87. The predicted molar refractivity (Wildman–Crippen MR) is 55.9 cm³/mol. The average molecular weight is 196 g/mol. The predicted octanol–water partition coefficient (Wildman–Crippen LogP) is 2.46. The standard InChI is InChI=1S/C12H20O2/c1-5-6-8-9(7-13)10(8)11(14)12(2,3)4/h7-10H,5-6H2,1-4H3/t8-,9-,10+/m1/s1. The zero-order valence-corrected chi connectivity index (χ0v) is 9.54. The van der Waals surface area contributed by atoms with Crippen molar-refractivity contribution in [3.05, 3.63) is 0 Å². The van der Waals surface area contributed by atoms with Gasteiger partial charge < -0.3 is 4.79 Å². The van der Waals surface area contributed by atoms with E-state index >= 15 is 0 Å². The second kappa shape index (κ2) is 3.84. The number of hydrogen-bond acceptors (Lipinski definition) is 2. The number of carbonyl (C=O) groups excluding carboxylic acids is 2. The van der Waals surface area contributed by atoms with Gasteiger partial charge in [0.1, 0.15) is 12.1 Å². The first kappa shape index (κ1) is 11.4. The highest BCUT2D eigenvalue weighted by Gasteiger charge is 2.55. The molecule has 0 amide bonds. The van der Waals surface area contributed by atoms with Crippen molar-refractivity contribution in [3.8, 4) is 0 Å². The van der Waals surface area contributed by atoms with Crippen molar-refractivity contribution in [1.82, 2.24) is 0 Å². The summed E-state index contributed by atoms with van der Waals surface area (Å²) in [4.78, 5) is 22.7. The summed E-state index contributed by atoms with van der Waals surface area (Å²) in [6.07, 6.45) is 3.04. The minimum atomic E-state index is -0.297. The van der Waals surface area contributed by atoms with Crippen molar-refractivity contribution in [2.24, 2.45) is 23.2 Å². The van der Waals surface area contributed by atoms with Crippen LogP contribution in [0.3, 0.4) is 0 Å². The van der Waals surface area contributed by atoms with Gasteiger partial charge in [0, 0.05) is 17.3 Å². The van der Waals surface area contributed by atoms with E-state index in [0.29, 0.717) is 5.92 Å². The molecule has 1 fully saturated rings. The van der Waals surface area contributed by atoms with Crippen LogP contribution in [0.1, 0.15) is 40.5 Å². The van der Waals surface area contributed by atoms with Crippen molar-refractivity contribution in [2.75, 3.05) is 0 Å². The molecule has 0 bridgehead atoms. The highest BCUT2D eigenvalue weighted by molar-refractivity contribution is 5.92. The fourth-order valence-corrected chi connectivity index (χ4v) is 2.16. The fraction of sp³-hybridized carbons (Fsp3) is 0.833. The van der Waals surface area contributed by atoms with Gasteiger partial charge >= 0.3 is 0 Å². The third-order valence-corrected chi connectivity index (χ3v) is 3.05. The van der Waals surface area contributed by atoms with E-state index in [-0.39, 0.29) is 23.0 Å². The molecule has 2 nitrogen and oxygen atoms in total. The van der Waals surface area contributed by atoms with Crippen molar-refractivity contribution in [1.29, 1.82) is 0 Å². The maximum absolute atomic E-state index is 11.9. The Hall–Kier alpha value is -0.660. The Balaban J connectivity index is 2.63. The molecule has 3 atom stereocenters. The summed E-state index contributed by atoms with van der Waals surface area (Å²) in [6, 6.07) is 0. The molecule has 0 saturated heterocycles. The molecular formula is C12H20O2. The molecule has 0 spiro atoms. The SMILES string of the molecule is CCC[C@@H]1[C@@H](C=O)[C@H]1C(=O)C(C)(C)C. The van der Waals surface area contributed by atoms with Gasteiger partial charge in [0.2, 0.25) is 0 Å². The first-order valence-electron chi connectivity index (χ1n) is 5.43. The van der Waals surface area contributed by atoms with E-state index in [1.165, 1.54) is 0 Å². The number of carbonyl (C=O) groups is 2. The second-order valence-corrected chi connectivity index (χ2v) is 5.31. The zero-order chi connectivity index (χ0) is 10.9. The monoisotopic (exact) mass is 196 g/mol. The average Bonchev–Trinajstić information content (AvgIpc) is 2.76. The van der Waals surface area contributed by atoms with E-state index in [4.69, 9.17) is 0 Å². The Bertz CT molecular complexity index is 237. The third-order valence-electron chi connectivity index (χ3n) is 3.05. The van der Waals surface area contributed by atoms with Gasteiger partial charge in [-0.05, 0) is 12.3 Å². The molecule has 1 aliphatic carbocycles. The Morgan fingerprint density at radius 1 is 1.36 bits per heavy atom. The zero-order valence-electron chi connectivity index (χ0n) is 9.54.